The molecule has 0 saturated heterocycles. The van der Waals surface area contributed by atoms with Gasteiger partial charge < -0.3 is 24.2 Å². The van der Waals surface area contributed by atoms with Crippen LogP contribution >= 0.6 is 7.92 Å². The Morgan fingerprint density at radius 3 is 1.70 bits per heavy atom. The van der Waals surface area contributed by atoms with Gasteiger partial charge in [0.2, 0.25) is 0 Å². The molecule has 0 radical (unpaired) electrons. The first-order valence-electron chi connectivity index (χ1n) is 14.1. The van der Waals surface area contributed by atoms with E-state index in [1.165, 1.54) is 43.6 Å². The predicted molar refractivity (Wildman–Crippen MR) is 187 cm³/mol. The molecule has 0 spiro atoms. The molecule has 43 heavy (non-hydrogen) atoms. The van der Waals surface area contributed by atoms with E-state index >= 15 is 0 Å². The Bertz CT molecular complexity index is 1680. The first-order chi connectivity index (χ1) is 20.4. The van der Waals surface area contributed by atoms with Crippen LogP contribution < -0.4 is 25.7 Å². The van der Waals surface area contributed by atoms with Gasteiger partial charge in [-0.05, 0) is 60.0 Å². The van der Waals surface area contributed by atoms with E-state index in [0.29, 0.717) is 0 Å². The average Bonchev–Trinajstić information content (AvgIpc) is 3.06. The monoisotopic (exact) mass is 757 g/mol. The van der Waals surface area contributed by atoms with Gasteiger partial charge in [-0.1, -0.05) is 97.1 Å². The number of rotatable bonds is 6. The van der Waals surface area contributed by atoms with Crippen molar-refractivity contribution in [3.63, 3.8) is 0 Å². The van der Waals surface area contributed by atoms with Crippen LogP contribution in [-0.2, 0) is 26.7 Å². The van der Waals surface area contributed by atoms with Gasteiger partial charge in [-0.2, -0.15) is 6.92 Å². The largest absolute Gasteiger partial charge is 3.00 e. The van der Waals surface area contributed by atoms with Gasteiger partial charge in [0.25, 0.3) is 0 Å². The maximum atomic E-state index is 3.25. The Balaban J connectivity index is 0.00000104. The van der Waals surface area contributed by atoms with E-state index in [1.807, 2.05) is 0 Å². The average molecular weight is 757 g/mol. The summed E-state index contributed by atoms with van der Waals surface area (Å²) >= 11 is 0. The quantitative estimate of drug-likeness (QED) is 0.124. The van der Waals surface area contributed by atoms with Gasteiger partial charge in [0, 0.05) is 34.6 Å². The van der Waals surface area contributed by atoms with E-state index < -0.39 is 7.92 Å². The summed E-state index contributed by atoms with van der Waals surface area (Å²) in [5.74, 6) is 0. The van der Waals surface area contributed by atoms with Crippen LogP contribution in [0.4, 0.5) is 17.1 Å². The number of para-hydroxylation sites is 1. The summed E-state index contributed by atoms with van der Waals surface area (Å²) in [5, 5.41) is 6.80. The number of anilines is 3. The molecule has 1 aliphatic rings. The van der Waals surface area contributed by atoms with E-state index in [4.69, 9.17) is 0 Å². The van der Waals surface area contributed by atoms with Gasteiger partial charge in [0.1, 0.15) is 15.9 Å². The van der Waals surface area contributed by atoms with E-state index in [1.54, 1.807) is 6.92 Å². The molecule has 0 aromatic heterocycles. The number of nitrogens with zero attached hydrogens (tertiary/aromatic N) is 2. The smallest absolute Gasteiger partial charge is 0.499 e. The van der Waals surface area contributed by atoms with Gasteiger partial charge in [-0.15, -0.1) is 6.67 Å². The molecule has 0 N–H and O–H groups in total. The van der Waals surface area contributed by atoms with Crippen molar-refractivity contribution in [1.29, 1.82) is 0 Å². The maximum absolute atomic E-state index is 3.25. The van der Waals surface area contributed by atoms with Crippen molar-refractivity contribution in [3.05, 3.63) is 178 Å². The van der Waals surface area contributed by atoms with Crippen molar-refractivity contribution in [2.75, 3.05) is 9.80 Å². The summed E-state index contributed by atoms with van der Waals surface area (Å²) in [7, 11) is -1.19. The van der Waals surface area contributed by atoms with Crippen molar-refractivity contribution >= 4 is 51.7 Å². The van der Waals surface area contributed by atoms with Crippen LogP contribution in [0.5, 0.6) is 0 Å². The Morgan fingerprint density at radius 2 is 1.09 bits per heavy atom. The van der Waals surface area contributed by atoms with E-state index in [-0.39, 0.29) is 27.5 Å². The molecule has 7 rings (SSSR count). The zero-order valence-corrected chi connectivity index (χ0v) is 28.0. The van der Waals surface area contributed by atoms with Crippen LogP contribution in [0, 0.1) is 21.0 Å². The minimum Gasteiger partial charge on any atom is -0.499 e. The molecule has 0 atom stereocenters. The third kappa shape index (κ3) is 6.61. The SMILES string of the molecule is [CH2-]C.[CH3-].[Ir+3].c1ccc(N2[CH-]N(Cc3ccccc3[PH+](c3ccccc3)c3ccccc3)c3cccc4cccc2c34)cc1. The van der Waals surface area contributed by atoms with Crippen LogP contribution in [0.2, 0.25) is 0 Å². The van der Waals surface area contributed by atoms with Crippen molar-refractivity contribution in [2.45, 2.75) is 13.5 Å². The molecule has 1 aliphatic heterocycles. The van der Waals surface area contributed by atoms with Crippen LogP contribution in [0.25, 0.3) is 10.8 Å². The third-order valence-corrected chi connectivity index (χ3v) is 10.3. The van der Waals surface area contributed by atoms with Gasteiger partial charge in [-0.3, -0.25) is 0 Å². The predicted octanol–water partition coefficient (Wildman–Crippen LogP) is 8.90. The van der Waals surface area contributed by atoms with Crippen molar-refractivity contribution in [2.24, 2.45) is 0 Å². The Kier molecular flexibility index (Phi) is 11.3. The fourth-order valence-electron chi connectivity index (χ4n) is 5.70. The fraction of sp³-hybridized carbons (Fsp3) is 0.0513. The van der Waals surface area contributed by atoms with E-state index in [9.17, 15) is 0 Å². The summed E-state index contributed by atoms with van der Waals surface area (Å²) in [5.41, 5.74) is 4.99. The molecule has 2 nitrogen and oxygen atoms in total. The molecule has 0 fully saturated rings. The van der Waals surface area contributed by atoms with Gasteiger partial charge in [0.15, 0.2) is 0 Å². The molecular formula is C39H37IrN2P+. The maximum Gasteiger partial charge on any atom is 3.00 e. The van der Waals surface area contributed by atoms with Crippen LogP contribution in [0.15, 0.2) is 152 Å². The molecule has 6 aromatic rings. The Morgan fingerprint density at radius 1 is 0.581 bits per heavy atom. The molecule has 216 valence electrons. The molecule has 6 aromatic carbocycles. The topological polar surface area (TPSA) is 6.48 Å². The number of hydrogen-bond donors (Lipinski definition) is 0. The summed E-state index contributed by atoms with van der Waals surface area (Å²) < 4.78 is 0. The standard InChI is InChI=1S/C36H28N2P.C2H5.CH3.Ir/c1-4-17-30(18-5-1)38-27-37(33-23-12-15-28-16-13-24-34(38)36(28)33)26-29-14-10-11-25-35(29)39(31-19-6-2-7-20-31)32-21-8-3-9-22-32;1-2;;/h1-25,27H,26H2;1H2,2H3;1H3;/q3*-1;+3/p+1. The Hall–Kier alpha value is -3.74. The summed E-state index contributed by atoms with van der Waals surface area (Å²) in [6.45, 7) is 8.07. The number of hydrogen-bond acceptors (Lipinski definition) is 2. The second kappa shape index (κ2) is 15.1. The van der Waals surface area contributed by atoms with Crippen LogP contribution in [-0.4, -0.2) is 0 Å². The molecular weight excluding hydrogens is 720 g/mol. The van der Waals surface area contributed by atoms with E-state index in [0.717, 1.165) is 12.2 Å². The van der Waals surface area contributed by atoms with Crippen LogP contribution in [0.1, 0.15) is 12.5 Å². The van der Waals surface area contributed by atoms with Gasteiger partial charge >= 0.3 is 20.1 Å². The minimum absolute atomic E-state index is 0. The Labute approximate surface area is 272 Å². The summed E-state index contributed by atoms with van der Waals surface area (Å²) in [4.78, 5) is 4.76. The summed E-state index contributed by atoms with van der Waals surface area (Å²) in [6, 6.07) is 55.0. The molecule has 0 bridgehead atoms. The molecule has 0 amide bonds. The number of benzene rings is 6. The molecule has 0 aliphatic carbocycles. The van der Waals surface area contributed by atoms with E-state index in [2.05, 4.69) is 175 Å². The molecule has 0 saturated carbocycles. The van der Waals surface area contributed by atoms with Gasteiger partial charge in [0.05, 0.1) is 7.92 Å². The van der Waals surface area contributed by atoms with Crippen molar-refractivity contribution in [3.8, 4) is 0 Å². The summed E-state index contributed by atoms with van der Waals surface area (Å²) in [6.07, 6.45) is 0. The third-order valence-electron chi connectivity index (χ3n) is 7.47. The zero-order chi connectivity index (χ0) is 28.0. The normalized spacial score (nSPS) is 11.7. The first kappa shape index (κ1) is 32.2. The fourth-order valence-corrected chi connectivity index (χ4v) is 8.45. The van der Waals surface area contributed by atoms with Crippen LogP contribution in [0.3, 0.4) is 0 Å². The molecule has 4 heteroatoms. The minimum atomic E-state index is -1.19. The molecule has 0 unspecified atom stereocenters. The molecule has 1 heterocycles. The second-order valence-electron chi connectivity index (χ2n) is 9.87. The van der Waals surface area contributed by atoms with Gasteiger partial charge in [-0.25, -0.2) is 0 Å². The van der Waals surface area contributed by atoms with Crippen molar-refractivity contribution in [1.82, 2.24) is 0 Å². The zero-order valence-electron chi connectivity index (χ0n) is 24.7. The second-order valence-corrected chi connectivity index (χ2v) is 12.3. The van der Waals surface area contributed by atoms with Crippen molar-refractivity contribution < 1.29 is 20.1 Å². The first-order valence-corrected chi connectivity index (χ1v) is 15.6.